The number of phenolic OH excluding ortho intramolecular Hbond substituents is 1. The first-order valence-corrected chi connectivity index (χ1v) is 12.0. The van der Waals surface area contributed by atoms with Gasteiger partial charge in [-0.1, -0.05) is 65.4 Å². The average Bonchev–Trinajstić information content (AvgIpc) is 3.41. The second-order valence-corrected chi connectivity index (χ2v) is 9.43. The van der Waals surface area contributed by atoms with Crippen LogP contribution in [0, 0.1) is 0 Å². The number of aromatic nitrogens is 1. The number of aromatic hydroxyl groups is 1. The summed E-state index contributed by atoms with van der Waals surface area (Å²) >= 11 is 7.33. The Balaban J connectivity index is 1.63. The molecule has 0 saturated carbocycles. The Kier molecular flexibility index (Phi) is 6.22. The highest BCUT2D eigenvalue weighted by Gasteiger charge is 2.45. The van der Waals surface area contributed by atoms with Crippen LogP contribution in [-0.4, -0.2) is 34.0 Å². The van der Waals surface area contributed by atoms with Gasteiger partial charge < -0.3 is 14.9 Å². The summed E-state index contributed by atoms with van der Waals surface area (Å²) < 4.78 is 5.99. The number of phenols is 1. The van der Waals surface area contributed by atoms with Crippen LogP contribution in [0.1, 0.15) is 17.2 Å². The van der Waals surface area contributed by atoms with Gasteiger partial charge in [-0.05, 0) is 47.5 Å². The Morgan fingerprint density at radius 3 is 2.64 bits per heavy atom. The molecule has 1 amide bonds. The van der Waals surface area contributed by atoms with Crippen LogP contribution in [0.5, 0.6) is 11.5 Å². The van der Waals surface area contributed by atoms with Crippen LogP contribution >= 0.6 is 22.9 Å². The van der Waals surface area contributed by atoms with Gasteiger partial charge >= 0.3 is 0 Å². The number of ether oxygens (including phenoxy) is 1. The van der Waals surface area contributed by atoms with Crippen LogP contribution in [0.2, 0.25) is 5.02 Å². The predicted molar refractivity (Wildman–Crippen MR) is 140 cm³/mol. The third-order valence-electron chi connectivity index (χ3n) is 5.77. The number of carbonyl (C=O) groups excluding carboxylic acids is 2. The summed E-state index contributed by atoms with van der Waals surface area (Å²) in [5, 5.41) is 21.8. The summed E-state index contributed by atoms with van der Waals surface area (Å²) in [7, 11) is 1.40. The molecule has 3 aromatic carbocycles. The van der Waals surface area contributed by atoms with Gasteiger partial charge in [0.15, 0.2) is 28.2 Å². The second-order valence-electron chi connectivity index (χ2n) is 7.99. The Hall–Kier alpha value is -4.14. The van der Waals surface area contributed by atoms with Crippen LogP contribution < -0.4 is 9.64 Å². The Morgan fingerprint density at radius 2 is 1.89 bits per heavy atom. The lowest BCUT2D eigenvalue weighted by Gasteiger charge is -2.24. The molecule has 0 bridgehead atoms. The Bertz CT molecular complexity index is 1560. The lowest BCUT2D eigenvalue weighted by molar-refractivity contribution is -0.117. The van der Waals surface area contributed by atoms with Crippen molar-refractivity contribution in [2.24, 2.45) is 0 Å². The minimum atomic E-state index is -1.00. The number of rotatable bonds is 6. The van der Waals surface area contributed by atoms with Gasteiger partial charge in [-0.2, -0.15) is 0 Å². The largest absolute Gasteiger partial charge is 0.504 e. The number of aliphatic hydroxyl groups excluding tert-OH is 1. The number of fused-ring (bicyclic) bond motifs is 1. The van der Waals surface area contributed by atoms with Gasteiger partial charge in [0, 0.05) is 5.02 Å². The predicted octanol–water partition coefficient (Wildman–Crippen LogP) is 5.85. The first kappa shape index (κ1) is 23.6. The number of allylic oxidation sites excluding steroid dienone is 1. The molecule has 0 aliphatic carbocycles. The van der Waals surface area contributed by atoms with Crippen LogP contribution in [0.25, 0.3) is 16.3 Å². The van der Waals surface area contributed by atoms with Gasteiger partial charge in [0.05, 0.1) is 28.9 Å². The molecule has 2 heterocycles. The molecular formula is C27H19ClN2O5S. The van der Waals surface area contributed by atoms with E-state index in [-0.39, 0.29) is 22.2 Å². The van der Waals surface area contributed by atoms with Gasteiger partial charge in [0.1, 0.15) is 0 Å². The first-order chi connectivity index (χ1) is 17.4. The molecule has 1 unspecified atom stereocenters. The van der Waals surface area contributed by atoms with E-state index < -0.39 is 23.5 Å². The average molecular weight is 519 g/mol. The SMILES string of the molecule is COc1cc(C2C(C(=O)C=Cc3ccccc3)=C(O)C(=O)N2c2nc3ccc(Cl)cc3s2)ccc1O. The summed E-state index contributed by atoms with van der Waals surface area (Å²) in [5.41, 5.74) is 1.77. The number of benzene rings is 3. The number of hydrogen-bond donors (Lipinski definition) is 2. The summed E-state index contributed by atoms with van der Waals surface area (Å²) in [4.78, 5) is 32.6. The number of ketones is 1. The number of anilines is 1. The molecule has 0 saturated heterocycles. The minimum absolute atomic E-state index is 0.0998. The molecule has 1 aliphatic heterocycles. The number of aliphatic hydroxyl groups is 1. The fourth-order valence-electron chi connectivity index (χ4n) is 4.05. The molecule has 4 aromatic rings. The molecule has 7 nitrogen and oxygen atoms in total. The smallest absolute Gasteiger partial charge is 0.296 e. The van der Waals surface area contributed by atoms with Gasteiger partial charge in [-0.25, -0.2) is 4.98 Å². The molecule has 180 valence electrons. The zero-order valence-corrected chi connectivity index (χ0v) is 20.5. The summed E-state index contributed by atoms with van der Waals surface area (Å²) in [6.07, 6.45) is 2.93. The lowest BCUT2D eigenvalue weighted by atomic mass is 9.95. The van der Waals surface area contributed by atoms with Crippen LogP contribution in [0.15, 0.2) is 84.1 Å². The highest BCUT2D eigenvalue weighted by Crippen LogP contribution is 2.45. The molecule has 0 radical (unpaired) electrons. The molecule has 5 rings (SSSR count). The van der Waals surface area contributed by atoms with E-state index in [2.05, 4.69) is 4.98 Å². The third kappa shape index (κ3) is 4.21. The highest BCUT2D eigenvalue weighted by molar-refractivity contribution is 7.22. The van der Waals surface area contributed by atoms with Crippen molar-refractivity contribution < 1.29 is 24.5 Å². The lowest BCUT2D eigenvalue weighted by Crippen LogP contribution is -2.30. The number of methoxy groups -OCH3 is 1. The first-order valence-electron chi connectivity index (χ1n) is 10.8. The standard InChI is InChI=1S/C27H19ClN2O5S/c1-35-21-13-16(8-12-19(21)31)24-23(20(32)11-7-15-5-3-2-4-6-15)25(33)26(34)30(24)27-29-18-10-9-17(28)14-22(18)36-27/h2-14,24,31,33H,1H3. The molecule has 36 heavy (non-hydrogen) atoms. The van der Waals surface area contributed by atoms with E-state index >= 15 is 0 Å². The van der Waals surface area contributed by atoms with Crippen molar-refractivity contribution in [3.05, 3.63) is 100 Å². The number of nitrogens with zero attached hydrogens (tertiary/aromatic N) is 2. The van der Waals surface area contributed by atoms with Crippen molar-refractivity contribution in [1.82, 2.24) is 4.98 Å². The van der Waals surface area contributed by atoms with Crippen molar-refractivity contribution in [3.8, 4) is 11.5 Å². The Morgan fingerprint density at radius 1 is 1.11 bits per heavy atom. The zero-order chi connectivity index (χ0) is 25.4. The van der Waals surface area contributed by atoms with Crippen molar-refractivity contribution in [2.75, 3.05) is 12.0 Å². The molecule has 2 N–H and O–H groups in total. The summed E-state index contributed by atoms with van der Waals surface area (Å²) in [5.74, 6) is -1.89. The van der Waals surface area contributed by atoms with Gasteiger partial charge in [-0.3, -0.25) is 14.5 Å². The normalized spacial score (nSPS) is 15.9. The van der Waals surface area contributed by atoms with E-state index in [1.54, 1.807) is 30.3 Å². The molecule has 9 heteroatoms. The summed E-state index contributed by atoms with van der Waals surface area (Å²) in [6, 6.07) is 17.9. The number of amides is 1. The maximum atomic E-state index is 13.4. The molecule has 1 atom stereocenters. The van der Waals surface area contributed by atoms with Crippen LogP contribution in [0.4, 0.5) is 5.13 Å². The highest BCUT2D eigenvalue weighted by atomic mass is 35.5. The molecule has 0 spiro atoms. The van der Waals surface area contributed by atoms with E-state index in [0.29, 0.717) is 16.1 Å². The van der Waals surface area contributed by atoms with Crippen molar-refractivity contribution in [3.63, 3.8) is 0 Å². The van der Waals surface area contributed by atoms with Gasteiger partial charge in [-0.15, -0.1) is 0 Å². The van der Waals surface area contributed by atoms with Crippen molar-refractivity contribution in [1.29, 1.82) is 0 Å². The molecule has 1 aliphatic rings. The van der Waals surface area contributed by atoms with Crippen molar-refractivity contribution in [2.45, 2.75) is 6.04 Å². The molecule has 1 aromatic heterocycles. The fourth-order valence-corrected chi connectivity index (χ4v) is 5.32. The van der Waals surface area contributed by atoms with Gasteiger partial charge in [0.25, 0.3) is 5.91 Å². The molecule has 0 fully saturated rings. The monoisotopic (exact) mass is 518 g/mol. The fraction of sp³-hybridized carbons (Fsp3) is 0.0741. The maximum Gasteiger partial charge on any atom is 0.296 e. The third-order valence-corrected chi connectivity index (χ3v) is 7.02. The topological polar surface area (TPSA) is 100.0 Å². The number of carbonyl (C=O) groups is 2. The van der Waals surface area contributed by atoms with E-state index in [4.69, 9.17) is 16.3 Å². The van der Waals surface area contributed by atoms with E-state index in [1.165, 1.54) is 41.6 Å². The van der Waals surface area contributed by atoms with E-state index in [9.17, 15) is 19.8 Å². The summed E-state index contributed by atoms with van der Waals surface area (Å²) in [6.45, 7) is 0. The van der Waals surface area contributed by atoms with E-state index in [1.807, 2.05) is 30.3 Å². The number of halogens is 1. The number of hydrogen-bond acceptors (Lipinski definition) is 7. The Labute approximate surface area is 215 Å². The zero-order valence-electron chi connectivity index (χ0n) is 18.9. The number of thiazole rings is 1. The quantitative estimate of drug-likeness (QED) is 0.311. The van der Waals surface area contributed by atoms with Gasteiger partial charge in [0.2, 0.25) is 0 Å². The van der Waals surface area contributed by atoms with Crippen molar-refractivity contribution >= 4 is 56.1 Å². The maximum absolute atomic E-state index is 13.4. The second kappa shape index (κ2) is 9.49. The van der Waals surface area contributed by atoms with Crippen LogP contribution in [-0.2, 0) is 9.59 Å². The molecular weight excluding hydrogens is 500 g/mol. The minimum Gasteiger partial charge on any atom is -0.504 e. The van der Waals surface area contributed by atoms with Crippen LogP contribution in [0.3, 0.4) is 0 Å². The van der Waals surface area contributed by atoms with E-state index in [0.717, 1.165) is 10.3 Å².